The first-order chi connectivity index (χ1) is 43.5. The van der Waals surface area contributed by atoms with Gasteiger partial charge in [0, 0.05) is 61.6 Å². The van der Waals surface area contributed by atoms with Crippen molar-refractivity contribution in [3.05, 3.63) is 232 Å². The van der Waals surface area contributed by atoms with Gasteiger partial charge in [-0.25, -0.2) is 0 Å². The zero-order valence-corrected chi connectivity index (χ0v) is 58.3. The molecule has 0 spiro atoms. The molecule has 0 amide bonds. The summed E-state index contributed by atoms with van der Waals surface area (Å²) in [6.07, 6.45) is 9.28. The number of nitrogens with zero attached hydrogens (tertiary/aromatic N) is 3. The summed E-state index contributed by atoms with van der Waals surface area (Å²) in [6.45, 7) is 42.4. The van der Waals surface area contributed by atoms with Gasteiger partial charge in [0.1, 0.15) is 0 Å². The van der Waals surface area contributed by atoms with Crippen molar-refractivity contribution in [3.63, 3.8) is 0 Å². The zero-order chi connectivity index (χ0) is 64.4. The number of rotatable bonds is 5. The van der Waals surface area contributed by atoms with Crippen LogP contribution < -0.4 is 31.1 Å². The fourth-order valence-corrected chi connectivity index (χ4v) is 19.4. The van der Waals surface area contributed by atoms with Crippen molar-refractivity contribution < 1.29 is 0 Å². The van der Waals surface area contributed by atoms with Crippen LogP contribution in [0.2, 0.25) is 0 Å². The summed E-state index contributed by atoms with van der Waals surface area (Å²) in [7, 11) is 0. The van der Waals surface area contributed by atoms with Gasteiger partial charge in [0.25, 0.3) is 6.71 Å². The van der Waals surface area contributed by atoms with Crippen LogP contribution in [0, 0.1) is 0 Å². The average molecular weight is 1210 g/mol. The predicted molar refractivity (Wildman–Crippen MR) is 394 cm³/mol. The Labute approximate surface area is 551 Å². The largest absolute Gasteiger partial charge is 0.334 e. The summed E-state index contributed by atoms with van der Waals surface area (Å²) in [5, 5.41) is 0. The van der Waals surface area contributed by atoms with E-state index in [1.807, 2.05) is 0 Å². The van der Waals surface area contributed by atoms with Gasteiger partial charge in [-0.2, -0.15) is 0 Å². The van der Waals surface area contributed by atoms with Crippen LogP contribution in [0.1, 0.15) is 225 Å². The SMILES string of the molecule is CC(C)(C)c1ccc(N2c3cc4c(cc3B3c5cc6c(cc5N(c5ccc7c(c5)C(C)(C)CCC7(C)C)c5cc(N7c8ccc(-c9ccccc9)cc8C8(C)CCCCC78C)cc2c53)C(C)(C)CCC6(C)C)C(C)(C)c2ccccc2C4(C)C)c(-c2ccccc2)c1. The van der Waals surface area contributed by atoms with Crippen molar-refractivity contribution >= 4 is 68.6 Å². The van der Waals surface area contributed by atoms with E-state index in [0.717, 1.165) is 32.1 Å². The maximum Gasteiger partial charge on any atom is 0.252 e. The highest BCUT2D eigenvalue weighted by Crippen LogP contribution is 2.64. The molecule has 0 N–H and O–H groups in total. The molecule has 9 aromatic carbocycles. The molecule has 1 saturated carbocycles. The molecule has 7 aliphatic rings. The molecule has 0 aromatic heterocycles. The van der Waals surface area contributed by atoms with Gasteiger partial charge in [0.2, 0.25) is 0 Å². The Morgan fingerprint density at radius 1 is 0.337 bits per heavy atom. The minimum absolute atomic E-state index is 0.00411. The van der Waals surface area contributed by atoms with Crippen LogP contribution in [-0.2, 0) is 43.3 Å². The van der Waals surface area contributed by atoms with Crippen LogP contribution in [0.5, 0.6) is 0 Å². The normalized spacial score (nSPS) is 22.6. The quantitative estimate of drug-likeness (QED) is 0.159. The minimum Gasteiger partial charge on any atom is -0.334 e. The van der Waals surface area contributed by atoms with Crippen LogP contribution in [-0.4, -0.2) is 12.3 Å². The van der Waals surface area contributed by atoms with Crippen molar-refractivity contribution in [2.75, 3.05) is 14.7 Å². The van der Waals surface area contributed by atoms with E-state index >= 15 is 0 Å². The molecule has 0 radical (unpaired) electrons. The molecule has 9 aromatic rings. The van der Waals surface area contributed by atoms with Gasteiger partial charge >= 0.3 is 0 Å². The Morgan fingerprint density at radius 3 is 1.46 bits per heavy atom. The Balaban J connectivity index is 1.09. The summed E-state index contributed by atoms with van der Waals surface area (Å²) < 4.78 is 0. The van der Waals surface area contributed by atoms with E-state index in [9.17, 15) is 0 Å². The van der Waals surface area contributed by atoms with Gasteiger partial charge in [0.05, 0.1) is 11.2 Å². The van der Waals surface area contributed by atoms with E-state index in [4.69, 9.17) is 0 Å². The second kappa shape index (κ2) is 19.5. The molecule has 0 saturated heterocycles. The average Bonchev–Trinajstić information content (AvgIpc) is 1.05. The van der Waals surface area contributed by atoms with Crippen molar-refractivity contribution in [1.29, 1.82) is 0 Å². The summed E-state index contributed by atoms with van der Waals surface area (Å²) in [5.74, 6) is 0. The van der Waals surface area contributed by atoms with E-state index in [-0.39, 0.29) is 55.6 Å². The van der Waals surface area contributed by atoms with Crippen molar-refractivity contribution in [3.8, 4) is 22.3 Å². The highest BCUT2D eigenvalue weighted by molar-refractivity contribution is 7.00. The molecule has 0 bridgehead atoms. The number of benzene rings is 9. The lowest BCUT2D eigenvalue weighted by atomic mass is 9.32. The second-order valence-electron chi connectivity index (χ2n) is 34.6. The number of fused-ring (bicyclic) bond motifs is 11. The maximum atomic E-state index is 2.89. The molecular weight excluding hydrogens is 1110 g/mol. The highest BCUT2D eigenvalue weighted by atomic mass is 15.3. The number of hydrogen-bond acceptors (Lipinski definition) is 3. The molecule has 466 valence electrons. The van der Waals surface area contributed by atoms with Gasteiger partial charge < -0.3 is 14.7 Å². The third kappa shape index (κ3) is 8.32. The van der Waals surface area contributed by atoms with E-state index in [1.54, 1.807) is 0 Å². The lowest BCUT2D eigenvalue weighted by Crippen LogP contribution is -2.62. The molecule has 2 atom stereocenters. The zero-order valence-electron chi connectivity index (χ0n) is 58.3. The number of anilines is 8. The first kappa shape index (κ1) is 59.5. The summed E-state index contributed by atoms with van der Waals surface area (Å²) in [4.78, 5) is 8.50. The van der Waals surface area contributed by atoms with E-state index in [2.05, 4.69) is 308 Å². The third-order valence-electron chi connectivity index (χ3n) is 25.5. The fourth-order valence-electron chi connectivity index (χ4n) is 19.4. The van der Waals surface area contributed by atoms with E-state index in [1.165, 1.54) is 159 Å². The summed E-state index contributed by atoms with van der Waals surface area (Å²) in [5.41, 5.74) is 33.1. The molecule has 3 nitrogen and oxygen atoms in total. The smallest absolute Gasteiger partial charge is 0.252 e. The Bertz CT molecular complexity index is 4570. The molecule has 3 aliphatic heterocycles. The topological polar surface area (TPSA) is 9.72 Å². The van der Waals surface area contributed by atoms with Crippen molar-refractivity contribution in [2.45, 2.75) is 218 Å². The fraction of sp³-hybridized carbons (Fsp3) is 0.386. The Morgan fingerprint density at radius 2 is 0.837 bits per heavy atom. The molecule has 4 aliphatic carbocycles. The molecule has 3 heterocycles. The maximum absolute atomic E-state index is 2.89. The molecule has 4 heteroatoms. The second-order valence-corrected chi connectivity index (χ2v) is 34.6. The van der Waals surface area contributed by atoms with Gasteiger partial charge in [-0.05, 0) is 222 Å². The number of hydrogen-bond donors (Lipinski definition) is 0. The van der Waals surface area contributed by atoms with Gasteiger partial charge in [-0.3, -0.25) is 0 Å². The van der Waals surface area contributed by atoms with Gasteiger partial charge in [0.15, 0.2) is 0 Å². The molecule has 1 fully saturated rings. The van der Waals surface area contributed by atoms with Crippen molar-refractivity contribution in [1.82, 2.24) is 0 Å². The molecule has 2 unspecified atom stereocenters. The Kier molecular flexibility index (Phi) is 12.6. The van der Waals surface area contributed by atoms with Gasteiger partial charge in [-0.15, -0.1) is 0 Å². The predicted octanol–water partition coefficient (Wildman–Crippen LogP) is 21.8. The monoisotopic (exact) mass is 1210 g/mol. The molecule has 16 rings (SSSR count). The molecule has 92 heavy (non-hydrogen) atoms. The molecular formula is C88H96BN3. The summed E-state index contributed by atoms with van der Waals surface area (Å²) in [6, 6.07) is 71.0. The first-order valence-corrected chi connectivity index (χ1v) is 35.1. The lowest BCUT2D eigenvalue weighted by Gasteiger charge is -2.52. The Hall–Kier alpha value is -7.56. The highest BCUT2D eigenvalue weighted by Gasteiger charge is 2.59. The minimum atomic E-state index is -0.281. The van der Waals surface area contributed by atoms with Crippen LogP contribution in [0.15, 0.2) is 176 Å². The summed E-state index contributed by atoms with van der Waals surface area (Å²) >= 11 is 0. The van der Waals surface area contributed by atoms with E-state index < -0.39 is 0 Å². The van der Waals surface area contributed by atoms with Crippen LogP contribution in [0.25, 0.3) is 22.3 Å². The van der Waals surface area contributed by atoms with Crippen molar-refractivity contribution in [2.24, 2.45) is 0 Å². The lowest BCUT2D eigenvalue weighted by molar-refractivity contribution is 0.195. The third-order valence-corrected chi connectivity index (χ3v) is 25.5. The first-order valence-electron chi connectivity index (χ1n) is 35.1. The standard InChI is InChI=1S/C88H96BN3/c1-80(2,3)58-35-39-73(61(47-58)56-30-22-19-23-31-56)91-76-54-69-68(85(12,13)63-32-24-25-33-64(63)86(69,14)15)52-72(76)89-71-51-66-67(84(10,11)45-44-83(66,8)9)53-75(71)90(59-36-37-62-65(48-59)82(6,7)43-42-81(62,4)5)77-49-60(50-78(91)79(77)89)92-74-38-34-57(55-28-20-18-21-29-55)46-70(74)87(16)40-26-27-41-88(87,92)17/h18-25,28-39,46-54H,26-27,40-45H2,1-17H3. The van der Waals surface area contributed by atoms with Gasteiger partial charge in [-0.1, -0.05) is 239 Å². The van der Waals surface area contributed by atoms with Crippen LogP contribution in [0.3, 0.4) is 0 Å². The van der Waals surface area contributed by atoms with Crippen LogP contribution >= 0.6 is 0 Å². The van der Waals surface area contributed by atoms with Crippen LogP contribution in [0.4, 0.5) is 45.5 Å². The van der Waals surface area contributed by atoms with E-state index in [0.29, 0.717) is 0 Å².